The summed E-state index contributed by atoms with van der Waals surface area (Å²) in [5.41, 5.74) is 1.81. The molecule has 132 valence electrons. The van der Waals surface area contributed by atoms with E-state index >= 15 is 0 Å². The third-order valence-electron chi connectivity index (χ3n) is 4.31. The molecule has 1 N–H and O–H groups in total. The Bertz CT molecular complexity index is 904. The van der Waals surface area contributed by atoms with Crippen LogP contribution < -0.4 is 10.2 Å². The van der Waals surface area contributed by atoms with Gasteiger partial charge in [0.25, 0.3) is 5.91 Å². The van der Waals surface area contributed by atoms with Gasteiger partial charge >= 0.3 is 0 Å². The number of carbonyl (C=O) groups is 1. The molecule has 0 saturated carbocycles. The largest absolute Gasteiger partial charge is 0.356 e. The second-order valence-electron chi connectivity index (χ2n) is 6.27. The van der Waals surface area contributed by atoms with Gasteiger partial charge in [-0.15, -0.1) is 0 Å². The van der Waals surface area contributed by atoms with Gasteiger partial charge in [-0.1, -0.05) is 0 Å². The van der Waals surface area contributed by atoms with Gasteiger partial charge in [-0.2, -0.15) is 0 Å². The average Bonchev–Trinajstić information content (AvgIpc) is 3.10. The zero-order chi connectivity index (χ0) is 18.0. The third kappa shape index (κ3) is 3.82. The predicted octanol–water partition coefficient (Wildman–Crippen LogP) is 2.65. The van der Waals surface area contributed by atoms with E-state index in [1.54, 1.807) is 37.4 Å². The van der Waals surface area contributed by atoms with E-state index in [-0.39, 0.29) is 10.8 Å². The van der Waals surface area contributed by atoms with Gasteiger partial charge in [-0.3, -0.25) is 4.79 Å². The smallest absolute Gasteiger partial charge is 0.259 e. The number of aromatic nitrogens is 1. The Morgan fingerprint density at radius 3 is 2.56 bits per heavy atom. The third-order valence-corrected chi connectivity index (χ3v) is 5.42. The number of hydrogen-bond acceptors (Lipinski definition) is 5. The molecule has 2 heterocycles. The monoisotopic (exact) mass is 359 g/mol. The summed E-state index contributed by atoms with van der Waals surface area (Å²) < 4.78 is 23.3. The molecular weight excluding hydrogens is 338 g/mol. The van der Waals surface area contributed by atoms with Crippen molar-refractivity contribution in [3.8, 4) is 0 Å². The molecule has 1 amide bonds. The molecule has 6 nitrogen and oxygen atoms in total. The molecular formula is C18H21N3O3S. The molecule has 0 atom stereocenters. The molecule has 1 aromatic carbocycles. The number of nitrogens with zero attached hydrogens (tertiary/aromatic N) is 2. The van der Waals surface area contributed by atoms with Crippen LogP contribution >= 0.6 is 0 Å². The summed E-state index contributed by atoms with van der Waals surface area (Å²) in [4.78, 5) is 19.5. The quantitative estimate of drug-likeness (QED) is 0.908. The van der Waals surface area contributed by atoms with E-state index in [4.69, 9.17) is 0 Å². The lowest BCUT2D eigenvalue weighted by Gasteiger charge is -2.19. The van der Waals surface area contributed by atoms with Gasteiger partial charge < -0.3 is 10.2 Å². The zero-order valence-corrected chi connectivity index (χ0v) is 15.1. The second kappa shape index (κ2) is 6.84. The SMILES string of the molecule is Cc1cc(S(C)(=O)=O)ccc1NC(=O)c1cccnc1N1CCCC1. The highest BCUT2D eigenvalue weighted by Crippen LogP contribution is 2.24. The van der Waals surface area contributed by atoms with Gasteiger partial charge in [0.1, 0.15) is 5.82 Å². The van der Waals surface area contributed by atoms with Crippen LogP contribution in [0.1, 0.15) is 28.8 Å². The fraction of sp³-hybridized carbons (Fsp3) is 0.333. The van der Waals surface area contributed by atoms with Crippen molar-refractivity contribution < 1.29 is 13.2 Å². The molecule has 0 radical (unpaired) electrons. The summed E-state index contributed by atoms with van der Waals surface area (Å²) in [7, 11) is -3.27. The van der Waals surface area contributed by atoms with Crippen molar-refractivity contribution in [3.05, 3.63) is 47.7 Å². The van der Waals surface area contributed by atoms with E-state index in [2.05, 4.69) is 15.2 Å². The van der Waals surface area contributed by atoms with Gasteiger partial charge in [0.05, 0.1) is 10.5 Å². The van der Waals surface area contributed by atoms with Crippen molar-refractivity contribution in [1.82, 2.24) is 4.98 Å². The van der Waals surface area contributed by atoms with E-state index < -0.39 is 9.84 Å². The lowest BCUT2D eigenvalue weighted by atomic mass is 10.1. The highest BCUT2D eigenvalue weighted by molar-refractivity contribution is 7.90. The number of rotatable bonds is 4. The maximum atomic E-state index is 12.7. The minimum Gasteiger partial charge on any atom is -0.356 e. The van der Waals surface area contributed by atoms with Gasteiger partial charge in [0.15, 0.2) is 9.84 Å². The normalized spacial score (nSPS) is 14.6. The van der Waals surface area contributed by atoms with E-state index in [9.17, 15) is 13.2 Å². The molecule has 1 aliphatic rings. The number of hydrogen-bond donors (Lipinski definition) is 1. The van der Waals surface area contributed by atoms with Crippen molar-refractivity contribution in [2.75, 3.05) is 29.6 Å². The molecule has 25 heavy (non-hydrogen) atoms. The van der Waals surface area contributed by atoms with Crippen molar-refractivity contribution in [2.24, 2.45) is 0 Å². The Kier molecular flexibility index (Phi) is 4.76. The fourth-order valence-electron chi connectivity index (χ4n) is 2.95. The highest BCUT2D eigenvalue weighted by Gasteiger charge is 2.21. The summed E-state index contributed by atoms with van der Waals surface area (Å²) in [5, 5.41) is 2.87. The van der Waals surface area contributed by atoms with Crippen LogP contribution in [0.3, 0.4) is 0 Å². The van der Waals surface area contributed by atoms with Gasteiger partial charge in [0.2, 0.25) is 0 Å². The molecule has 0 spiro atoms. The summed E-state index contributed by atoms with van der Waals surface area (Å²) in [6.07, 6.45) is 5.06. The molecule has 3 rings (SSSR count). The van der Waals surface area contributed by atoms with E-state index in [1.807, 2.05) is 0 Å². The lowest BCUT2D eigenvalue weighted by Crippen LogP contribution is -2.24. The molecule has 1 fully saturated rings. The van der Waals surface area contributed by atoms with Crippen LogP contribution in [0.25, 0.3) is 0 Å². The second-order valence-corrected chi connectivity index (χ2v) is 8.29. The molecule has 1 saturated heterocycles. The van der Waals surface area contributed by atoms with Crippen molar-refractivity contribution in [3.63, 3.8) is 0 Å². The fourth-order valence-corrected chi connectivity index (χ4v) is 3.66. The van der Waals surface area contributed by atoms with Crippen molar-refractivity contribution in [2.45, 2.75) is 24.7 Å². The zero-order valence-electron chi connectivity index (χ0n) is 14.3. The highest BCUT2D eigenvalue weighted by atomic mass is 32.2. The first-order valence-electron chi connectivity index (χ1n) is 8.18. The van der Waals surface area contributed by atoms with Crippen molar-refractivity contribution >= 4 is 27.2 Å². The number of nitrogens with one attached hydrogen (secondary N) is 1. The number of anilines is 2. The molecule has 0 aliphatic carbocycles. The Hall–Kier alpha value is -2.41. The van der Waals surface area contributed by atoms with Crippen LogP contribution in [0.4, 0.5) is 11.5 Å². The number of amides is 1. The minimum absolute atomic E-state index is 0.238. The number of aryl methyl sites for hydroxylation is 1. The molecule has 0 bridgehead atoms. The lowest BCUT2D eigenvalue weighted by molar-refractivity contribution is 0.102. The van der Waals surface area contributed by atoms with Gasteiger partial charge in [-0.25, -0.2) is 13.4 Å². The minimum atomic E-state index is -3.27. The Morgan fingerprint density at radius 1 is 1.20 bits per heavy atom. The maximum absolute atomic E-state index is 12.7. The molecule has 1 aliphatic heterocycles. The van der Waals surface area contributed by atoms with Crippen LogP contribution in [0.15, 0.2) is 41.4 Å². The molecule has 2 aromatic rings. The first-order chi connectivity index (χ1) is 11.9. The topological polar surface area (TPSA) is 79.4 Å². The van der Waals surface area contributed by atoms with E-state index in [0.29, 0.717) is 22.6 Å². The summed E-state index contributed by atoms with van der Waals surface area (Å²) >= 11 is 0. The van der Waals surface area contributed by atoms with E-state index in [1.165, 1.54) is 6.07 Å². The Morgan fingerprint density at radius 2 is 1.92 bits per heavy atom. The summed E-state index contributed by atoms with van der Waals surface area (Å²) in [5.74, 6) is 0.452. The Balaban J connectivity index is 1.86. The van der Waals surface area contributed by atoms with Gasteiger partial charge in [-0.05, 0) is 55.7 Å². The van der Waals surface area contributed by atoms with Gasteiger partial charge in [0, 0.05) is 31.2 Å². The standard InChI is InChI=1S/C18H21N3O3S/c1-13-12-14(25(2,23)24)7-8-16(13)20-18(22)15-6-5-9-19-17(15)21-10-3-4-11-21/h5-9,12H,3-4,10-11H2,1-2H3,(H,20,22). The average molecular weight is 359 g/mol. The molecule has 1 aromatic heterocycles. The van der Waals surface area contributed by atoms with Crippen LogP contribution in [0, 0.1) is 6.92 Å². The first-order valence-corrected chi connectivity index (χ1v) is 10.1. The van der Waals surface area contributed by atoms with Crippen LogP contribution in [0.2, 0.25) is 0 Å². The van der Waals surface area contributed by atoms with Crippen LogP contribution in [-0.4, -0.2) is 38.7 Å². The number of pyridine rings is 1. The summed E-state index contributed by atoms with van der Waals surface area (Å²) in [6, 6.07) is 8.19. The number of sulfone groups is 1. The van der Waals surface area contributed by atoms with Crippen molar-refractivity contribution in [1.29, 1.82) is 0 Å². The molecule has 0 unspecified atom stereocenters. The van der Waals surface area contributed by atoms with Crippen LogP contribution in [0.5, 0.6) is 0 Å². The summed E-state index contributed by atoms with van der Waals surface area (Å²) in [6.45, 7) is 3.58. The molecule has 7 heteroatoms. The maximum Gasteiger partial charge on any atom is 0.259 e. The van der Waals surface area contributed by atoms with E-state index in [0.717, 1.165) is 32.2 Å². The number of carbonyl (C=O) groups excluding carboxylic acids is 1. The Labute approximate surface area is 147 Å². The first kappa shape index (κ1) is 17.4. The number of benzene rings is 1. The predicted molar refractivity (Wildman–Crippen MR) is 97.9 cm³/mol. The van der Waals surface area contributed by atoms with Crippen LogP contribution in [-0.2, 0) is 9.84 Å².